The molecular weight excluding hydrogens is 379 g/mol. The maximum absolute atomic E-state index is 13.1. The molecule has 0 saturated carbocycles. The number of aromatic hydroxyl groups is 1. The highest BCUT2D eigenvalue weighted by atomic mass is 19.1. The molecular formula is C20H23FN4O4. The minimum absolute atomic E-state index is 0.211. The molecule has 2 aromatic rings. The smallest absolute Gasteiger partial charge is 0.322 e. The molecule has 1 aromatic heterocycles. The third kappa shape index (κ3) is 5.18. The number of amides is 1. The summed E-state index contributed by atoms with van der Waals surface area (Å²) in [5, 5.41) is 21.0. The fourth-order valence-corrected chi connectivity index (χ4v) is 3.42. The number of hydrogen-bond donors (Lipinski definition) is 3. The van der Waals surface area contributed by atoms with E-state index >= 15 is 0 Å². The Morgan fingerprint density at radius 2 is 1.86 bits per heavy atom. The van der Waals surface area contributed by atoms with Crippen molar-refractivity contribution in [3.05, 3.63) is 47.3 Å². The van der Waals surface area contributed by atoms with Crippen molar-refractivity contribution in [2.75, 3.05) is 24.5 Å². The molecule has 1 aromatic carbocycles. The summed E-state index contributed by atoms with van der Waals surface area (Å²) < 4.78 is 13.1. The summed E-state index contributed by atoms with van der Waals surface area (Å²) in [4.78, 5) is 33.4. The van der Waals surface area contributed by atoms with Crippen LogP contribution in [-0.2, 0) is 11.2 Å². The van der Waals surface area contributed by atoms with Gasteiger partial charge in [-0.15, -0.1) is 0 Å². The Balaban J connectivity index is 1.64. The molecule has 1 amide bonds. The third-order valence-electron chi connectivity index (χ3n) is 5.00. The van der Waals surface area contributed by atoms with Gasteiger partial charge in [0.05, 0.1) is 5.69 Å². The Morgan fingerprint density at radius 3 is 2.48 bits per heavy atom. The number of aryl methyl sites for hydroxylation is 1. The summed E-state index contributed by atoms with van der Waals surface area (Å²) in [5.41, 5.74) is 1.05. The van der Waals surface area contributed by atoms with Gasteiger partial charge in [0.25, 0.3) is 5.91 Å². The summed E-state index contributed by atoms with van der Waals surface area (Å²) in [7, 11) is 0. The average Bonchev–Trinajstić information content (AvgIpc) is 2.70. The first-order chi connectivity index (χ1) is 13.8. The zero-order valence-corrected chi connectivity index (χ0v) is 16.1. The molecule has 8 nitrogen and oxygen atoms in total. The van der Waals surface area contributed by atoms with Crippen LogP contribution in [0.2, 0.25) is 0 Å². The Morgan fingerprint density at radius 1 is 1.21 bits per heavy atom. The van der Waals surface area contributed by atoms with Gasteiger partial charge in [0, 0.05) is 25.2 Å². The number of piperidine rings is 1. The Labute approximate surface area is 167 Å². The second kappa shape index (κ2) is 8.85. The van der Waals surface area contributed by atoms with E-state index in [1.54, 1.807) is 19.1 Å². The molecule has 2 heterocycles. The average molecular weight is 402 g/mol. The van der Waals surface area contributed by atoms with Gasteiger partial charge in [-0.3, -0.25) is 9.59 Å². The van der Waals surface area contributed by atoms with Crippen LogP contribution in [0.5, 0.6) is 5.75 Å². The summed E-state index contributed by atoms with van der Waals surface area (Å²) in [6.45, 7) is 2.66. The molecule has 0 unspecified atom stereocenters. The highest BCUT2D eigenvalue weighted by Gasteiger charge is 2.23. The second-order valence-corrected chi connectivity index (χ2v) is 7.11. The van der Waals surface area contributed by atoms with Crippen LogP contribution >= 0.6 is 0 Å². The first-order valence-corrected chi connectivity index (χ1v) is 9.40. The molecule has 3 rings (SSSR count). The van der Waals surface area contributed by atoms with E-state index in [0.717, 1.165) is 31.6 Å². The summed E-state index contributed by atoms with van der Waals surface area (Å²) >= 11 is 0. The number of carbonyl (C=O) groups is 2. The van der Waals surface area contributed by atoms with Crippen molar-refractivity contribution in [1.82, 2.24) is 15.3 Å². The van der Waals surface area contributed by atoms with Gasteiger partial charge in [-0.25, -0.2) is 14.4 Å². The second-order valence-electron chi connectivity index (χ2n) is 7.11. The Bertz CT molecular complexity index is 896. The van der Waals surface area contributed by atoms with Crippen molar-refractivity contribution in [3.63, 3.8) is 0 Å². The summed E-state index contributed by atoms with van der Waals surface area (Å²) in [6, 6.07) is 6.44. The molecule has 29 heavy (non-hydrogen) atoms. The SMILES string of the molecule is Cc1nc(CC2CCN(c3ccc(F)cc3)CC2)nc(C(=O)NCC(=O)O)c1O. The molecule has 1 aliphatic rings. The van der Waals surface area contributed by atoms with Gasteiger partial charge in [0.15, 0.2) is 11.4 Å². The molecule has 9 heteroatoms. The van der Waals surface area contributed by atoms with Crippen LogP contribution in [0, 0.1) is 18.7 Å². The predicted octanol–water partition coefficient (Wildman–Crippen LogP) is 1.90. The van der Waals surface area contributed by atoms with Crippen LogP contribution < -0.4 is 10.2 Å². The number of aliphatic carboxylic acids is 1. The number of nitrogens with one attached hydrogen (secondary N) is 1. The highest BCUT2D eigenvalue weighted by Crippen LogP contribution is 2.26. The van der Waals surface area contributed by atoms with Crippen LogP contribution in [0.25, 0.3) is 0 Å². The minimum Gasteiger partial charge on any atom is -0.504 e. The van der Waals surface area contributed by atoms with Crippen LogP contribution in [0.3, 0.4) is 0 Å². The number of hydrogen-bond acceptors (Lipinski definition) is 6. The predicted molar refractivity (Wildman–Crippen MR) is 103 cm³/mol. The van der Waals surface area contributed by atoms with E-state index in [1.807, 2.05) is 0 Å². The van der Waals surface area contributed by atoms with E-state index in [2.05, 4.69) is 20.2 Å². The number of aromatic nitrogens is 2. The molecule has 0 aliphatic carbocycles. The van der Waals surface area contributed by atoms with Gasteiger partial charge in [0.1, 0.15) is 18.2 Å². The molecule has 0 bridgehead atoms. The van der Waals surface area contributed by atoms with Gasteiger partial charge < -0.3 is 20.4 Å². The Hall–Kier alpha value is -3.23. The fourth-order valence-electron chi connectivity index (χ4n) is 3.42. The lowest BCUT2D eigenvalue weighted by atomic mass is 9.93. The lowest BCUT2D eigenvalue weighted by Crippen LogP contribution is -2.34. The first-order valence-electron chi connectivity index (χ1n) is 9.40. The standard InChI is InChI=1S/C20H23FN4O4/c1-12-19(28)18(20(29)22-11-17(26)27)24-16(23-12)10-13-6-8-25(9-7-13)15-4-2-14(21)3-5-15/h2-5,13,28H,6-11H2,1H3,(H,22,29)(H,26,27). The molecule has 3 N–H and O–H groups in total. The first kappa shape index (κ1) is 20.5. The summed E-state index contributed by atoms with van der Waals surface area (Å²) in [5.74, 6) is -1.78. The molecule has 1 saturated heterocycles. The number of halogens is 1. The lowest BCUT2D eigenvalue weighted by molar-refractivity contribution is -0.135. The van der Waals surface area contributed by atoms with Gasteiger partial charge in [-0.05, 0) is 49.9 Å². The van der Waals surface area contributed by atoms with Gasteiger partial charge in [-0.1, -0.05) is 0 Å². The highest BCUT2D eigenvalue weighted by molar-refractivity contribution is 5.96. The van der Waals surface area contributed by atoms with Crippen LogP contribution in [0.4, 0.5) is 10.1 Å². The van der Waals surface area contributed by atoms with Crippen molar-refractivity contribution >= 4 is 17.6 Å². The molecule has 1 fully saturated rings. The normalized spacial score (nSPS) is 14.6. The topological polar surface area (TPSA) is 116 Å². The molecule has 154 valence electrons. The van der Waals surface area contributed by atoms with Crippen LogP contribution in [-0.4, -0.2) is 51.7 Å². The van der Waals surface area contributed by atoms with Gasteiger partial charge in [-0.2, -0.15) is 0 Å². The number of benzene rings is 1. The van der Waals surface area contributed by atoms with Crippen LogP contribution in [0.15, 0.2) is 24.3 Å². The zero-order valence-electron chi connectivity index (χ0n) is 16.1. The molecule has 0 radical (unpaired) electrons. The molecule has 0 atom stereocenters. The molecule has 1 aliphatic heterocycles. The van der Waals surface area contributed by atoms with E-state index < -0.39 is 18.4 Å². The monoisotopic (exact) mass is 402 g/mol. The van der Waals surface area contributed by atoms with E-state index in [1.165, 1.54) is 12.1 Å². The number of carboxylic acids is 1. The van der Waals surface area contributed by atoms with Crippen molar-refractivity contribution in [1.29, 1.82) is 0 Å². The van der Waals surface area contributed by atoms with E-state index in [0.29, 0.717) is 18.2 Å². The maximum atomic E-state index is 13.1. The summed E-state index contributed by atoms with van der Waals surface area (Å²) in [6.07, 6.45) is 2.33. The van der Waals surface area contributed by atoms with E-state index in [4.69, 9.17) is 5.11 Å². The lowest BCUT2D eigenvalue weighted by Gasteiger charge is -2.33. The van der Waals surface area contributed by atoms with Crippen molar-refractivity contribution in [2.24, 2.45) is 5.92 Å². The van der Waals surface area contributed by atoms with Crippen LogP contribution in [0.1, 0.15) is 34.8 Å². The number of carbonyl (C=O) groups excluding carboxylic acids is 1. The van der Waals surface area contributed by atoms with Gasteiger partial charge in [0.2, 0.25) is 0 Å². The quantitative estimate of drug-likeness (QED) is 0.676. The van der Waals surface area contributed by atoms with E-state index in [-0.39, 0.29) is 23.0 Å². The maximum Gasteiger partial charge on any atom is 0.322 e. The number of rotatable bonds is 6. The van der Waals surface area contributed by atoms with Crippen molar-refractivity contribution in [3.8, 4) is 5.75 Å². The number of carboxylic acid groups (broad SMARTS) is 1. The fraction of sp³-hybridized carbons (Fsp3) is 0.400. The minimum atomic E-state index is -1.18. The van der Waals surface area contributed by atoms with E-state index in [9.17, 15) is 19.1 Å². The number of anilines is 1. The van der Waals surface area contributed by atoms with Crippen molar-refractivity contribution < 1.29 is 24.2 Å². The third-order valence-corrected chi connectivity index (χ3v) is 5.00. The van der Waals surface area contributed by atoms with Gasteiger partial charge >= 0.3 is 5.97 Å². The Kier molecular flexibility index (Phi) is 6.26. The largest absolute Gasteiger partial charge is 0.504 e. The number of nitrogens with zero attached hydrogens (tertiary/aromatic N) is 3. The van der Waals surface area contributed by atoms with Crippen molar-refractivity contribution in [2.45, 2.75) is 26.2 Å². The molecule has 0 spiro atoms. The zero-order chi connectivity index (χ0) is 21.0.